The van der Waals surface area contributed by atoms with E-state index in [-0.39, 0.29) is 24.2 Å². The lowest BCUT2D eigenvalue weighted by Gasteiger charge is -2.20. The topological polar surface area (TPSA) is 64.3 Å². The lowest BCUT2D eigenvalue weighted by molar-refractivity contribution is -0.123. The van der Waals surface area contributed by atoms with Crippen LogP contribution in [0.4, 0.5) is 0 Å². The average molecular weight is 186 g/mol. The van der Waals surface area contributed by atoms with Crippen molar-refractivity contribution in [2.75, 3.05) is 6.54 Å². The van der Waals surface area contributed by atoms with Crippen LogP contribution in [0.25, 0.3) is 0 Å². The summed E-state index contributed by atoms with van der Waals surface area (Å²) < 4.78 is 5.57. The Hall–Kier alpha value is -0.610. The van der Waals surface area contributed by atoms with Crippen molar-refractivity contribution < 1.29 is 9.53 Å². The van der Waals surface area contributed by atoms with Gasteiger partial charge in [-0.25, -0.2) is 0 Å². The van der Waals surface area contributed by atoms with Gasteiger partial charge in [-0.1, -0.05) is 6.92 Å². The zero-order valence-corrected chi connectivity index (χ0v) is 8.25. The molecule has 13 heavy (non-hydrogen) atoms. The van der Waals surface area contributed by atoms with E-state index >= 15 is 0 Å². The van der Waals surface area contributed by atoms with Crippen molar-refractivity contribution in [1.29, 1.82) is 0 Å². The number of nitrogens with one attached hydrogen (secondary N) is 1. The predicted molar refractivity (Wildman–Crippen MR) is 50.2 cm³/mol. The minimum absolute atomic E-state index is 0.0348. The molecule has 0 aromatic rings. The van der Waals surface area contributed by atoms with Gasteiger partial charge >= 0.3 is 0 Å². The summed E-state index contributed by atoms with van der Waals surface area (Å²) in [6.45, 7) is 4.71. The smallest absolute Gasteiger partial charge is 0.237 e. The van der Waals surface area contributed by atoms with Crippen LogP contribution in [0.15, 0.2) is 0 Å². The molecule has 3 atom stereocenters. The van der Waals surface area contributed by atoms with Gasteiger partial charge in [-0.05, 0) is 26.3 Å². The second kappa shape index (κ2) is 4.58. The van der Waals surface area contributed by atoms with Crippen molar-refractivity contribution in [1.82, 2.24) is 5.32 Å². The van der Waals surface area contributed by atoms with Crippen LogP contribution >= 0.6 is 0 Å². The number of nitrogens with two attached hydrogens (primary N) is 1. The highest BCUT2D eigenvalue weighted by Gasteiger charge is 2.32. The molecule has 0 aliphatic carbocycles. The van der Waals surface area contributed by atoms with Crippen molar-refractivity contribution in [3.8, 4) is 0 Å². The molecule has 0 aromatic heterocycles. The first-order valence-corrected chi connectivity index (χ1v) is 4.83. The molecule has 3 unspecified atom stereocenters. The lowest BCUT2D eigenvalue weighted by atomic mass is 10.1. The molecule has 0 radical (unpaired) electrons. The molecule has 76 valence electrons. The Labute approximate surface area is 78.8 Å². The van der Waals surface area contributed by atoms with Gasteiger partial charge < -0.3 is 15.8 Å². The van der Waals surface area contributed by atoms with Crippen molar-refractivity contribution in [3.05, 3.63) is 0 Å². The highest BCUT2D eigenvalue weighted by Crippen LogP contribution is 2.21. The van der Waals surface area contributed by atoms with Crippen LogP contribution < -0.4 is 11.1 Å². The summed E-state index contributed by atoms with van der Waals surface area (Å²) in [6, 6.07) is -0.324. The van der Waals surface area contributed by atoms with Gasteiger partial charge in [-0.15, -0.1) is 0 Å². The second-order valence-corrected chi connectivity index (χ2v) is 3.50. The maximum Gasteiger partial charge on any atom is 0.237 e. The third kappa shape index (κ3) is 2.67. The number of carbonyl (C=O) groups excluding carboxylic acids is 1. The Morgan fingerprint density at radius 1 is 1.69 bits per heavy atom. The van der Waals surface area contributed by atoms with E-state index in [2.05, 4.69) is 5.32 Å². The number of ether oxygens (including phenoxy) is 1. The fraction of sp³-hybridized carbons (Fsp3) is 0.889. The summed E-state index contributed by atoms with van der Waals surface area (Å²) in [5, 5.41) is 3.04. The van der Waals surface area contributed by atoms with Crippen molar-refractivity contribution in [2.45, 2.75) is 44.9 Å². The zero-order valence-electron chi connectivity index (χ0n) is 8.25. The molecule has 1 rings (SSSR count). The summed E-state index contributed by atoms with van der Waals surface area (Å²) in [4.78, 5) is 11.1. The van der Waals surface area contributed by atoms with E-state index in [0.717, 1.165) is 19.4 Å². The summed E-state index contributed by atoms with van der Waals surface area (Å²) in [7, 11) is 0. The molecule has 4 nitrogen and oxygen atoms in total. The Bertz CT molecular complexity index is 184. The number of rotatable bonds is 4. The van der Waals surface area contributed by atoms with E-state index in [1.807, 2.05) is 13.8 Å². The van der Waals surface area contributed by atoms with Crippen molar-refractivity contribution >= 4 is 5.91 Å². The molecule has 1 fully saturated rings. The third-order valence-corrected chi connectivity index (χ3v) is 2.37. The standard InChI is InChI=1S/C9H18N2O2/c1-3-11-8(9(10)12)7-5-4-6(2)13-7/h6-8,11H,3-5H2,1-2H3,(H2,10,12). The van der Waals surface area contributed by atoms with Gasteiger partial charge in [-0.2, -0.15) is 0 Å². The van der Waals surface area contributed by atoms with Crippen molar-refractivity contribution in [2.24, 2.45) is 5.73 Å². The van der Waals surface area contributed by atoms with E-state index in [0.29, 0.717) is 0 Å². The molecule has 1 amide bonds. The molecule has 0 spiro atoms. The Kier molecular flexibility index (Phi) is 3.69. The average Bonchev–Trinajstić information content (AvgIpc) is 2.46. The van der Waals surface area contributed by atoms with Gasteiger partial charge in [0.2, 0.25) is 5.91 Å². The van der Waals surface area contributed by atoms with Crippen LogP contribution in [0.2, 0.25) is 0 Å². The van der Waals surface area contributed by atoms with Crippen LogP contribution in [-0.2, 0) is 9.53 Å². The Morgan fingerprint density at radius 3 is 2.77 bits per heavy atom. The van der Waals surface area contributed by atoms with Gasteiger partial charge in [0, 0.05) is 0 Å². The molecule has 0 saturated carbocycles. The van der Waals surface area contributed by atoms with E-state index in [1.54, 1.807) is 0 Å². The molecule has 1 aliphatic heterocycles. The molecular weight excluding hydrogens is 168 g/mol. The molecular formula is C9H18N2O2. The molecule has 1 saturated heterocycles. The fourth-order valence-electron chi connectivity index (χ4n) is 1.71. The van der Waals surface area contributed by atoms with E-state index < -0.39 is 0 Å². The van der Waals surface area contributed by atoms with Crippen LogP contribution in [0.5, 0.6) is 0 Å². The molecule has 4 heteroatoms. The van der Waals surface area contributed by atoms with Crippen LogP contribution in [0.3, 0.4) is 0 Å². The van der Waals surface area contributed by atoms with Gasteiger partial charge in [0.05, 0.1) is 12.2 Å². The highest BCUT2D eigenvalue weighted by molar-refractivity contribution is 5.80. The first-order chi connectivity index (χ1) is 6.15. The minimum Gasteiger partial charge on any atom is -0.373 e. The number of hydrogen-bond acceptors (Lipinski definition) is 3. The maximum absolute atomic E-state index is 11.1. The summed E-state index contributed by atoms with van der Waals surface area (Å²) in [5.74, 6) is -0.319. The SMILES string of the molecule is CCNC(C(N)=O)C1CCC(C)O1. The van der Waals surface area contributed by atoms with Crippen LogP contribution in [0, 0.1) is 0 Å². The number of likely N-dealkylation sites (N-methyl/N-ethyl adjacent to an activating group) is 1. The predicted octanol–water partition coefficient (Wildman–Crippen LogP) is 0.0173. The number of hydrogen-bond donors (Lipinski definition) is 2. The Morgan fingerprint density at radius 2 is 2.38 bits per heavy atom. The van der Waals surface area contributed by atoms with Crippen LogP contribution in [-0.4, -0.2) is 30.7 Å². The first kappa shape index (κ1) is 10.5. The number of amides is 1. The number of primary amides is 1. The van der Waals surface area contributed by atoms with Crippen molar-refractivity contribution in [3.63, 3.8) is 0 Å². The fourth-order valence-corrected chi connectivity index (χ4v) is 1.71. The molecule has 1 aliphatic rings. The van der Waals surface area contributed by atoms with E-state index in [1.165, 1.54) is 0 Å². The molecule has 0 bridgehead atoms. The van der Waals surface area contributed by atoms with Gasteiger partial charge in [0.1, 0.15) is 6.04 Å². The normalized spacial score (nSPS) is 30.3. The molecule has 0 aromatic carbocycles. The monoisotopic (exact) mass is 186 g/mol. The van der Waals surface area contributed by atoms with E-state index in [9.17, 15) is 4.79 Å². The van der Waals surface area contributed by atoms with Gasteiger partial charge in [0.25, 0.3) is 0 Å². The van der Waals surface area contributed by atoms with Gasteiger partial charge in [0.15, 0.2) is 0 Å². The molecule has 3 N–H and O–H groups in total. The largest absolute Gasteiger partial charge is 0.373 e. The summed E-state index contributed by atoms with van der Waals surface area (Å²) >= 11 is 0. The summed E-state index contributed by atoms with van der Waals surface area (Å²) in [6.07, 6.45) is 2.15. The lowest BCUT2D eigenvalue weighted by Crippen LogP contribution is -2.49. The second-order valence-electron chi connectivity index (χ2n) is 3.50. The minimum atomic E-state index is -0.324. The maximum atomic E-state index is 11.1. The third-order valence-electron chi connectivity index (χ3n) is 2.37. The summed E-state index contributed by atoms with van der Waals surface area (Å²) in [5.41, 5.74) is 5.27. The highest BCUT2D eigenvalue weighted by atomic mass is 16.5. The van der Waals surface area contributed by atoms with E-state index in [4.69, 9.17) is 10.5 Å². The molecule has 1 heterocycles. The van der Waals surface area contributed by atoms with Gasteiger partial charge in [-0.3, -0.25) is 4.79 Å². The quantitative estimate of drug-likeness (QED) is 0.650. The number of carbonyl (C=O) groups is 1. The zero-order chi connectivity index (χ0) is 9.84. The first-order valence-electron chi connectivity index (χ1n) is 4.83. The van der Waals surface area contributed by atoms with Crippen LogP contribution in [0.1, 0.15) is 26.7 Å². The Balaban J connectivity index is 2.49.